The minimum absolute atomic E-state index is 0.0155. The highest BCUT2D eigenvalue weighted by Gasteiger charge is 2.04. The van der Waals surface area contributed by atoms with Crippen LogP contribution in [0.1, 0.15) is 19.8 Å². The summed E-state index contributed by atoms with van der Waals surface area (Å²) in [5, 5.41) is 2.80. The van der Waals surface area contributed by atoms with Crippen LogP contribution in [0.15, 0.2) is 24.3 Å². The van der Waals surface area contributed by atoms with E-state index in [1.165, 1.54) is 0 Å². The van der Waals surface area contributed by atoms with Gasteiger partial charge < -0.3 is 14.8 Å². The van der Waals surface area contributed by atoms with E-state index in [0.717, 1.165) is 6.42 Å². The molecule has 0 radical (unpaired) electrons. The predicted octanol–water partition coefficient (Wildman–Crippen LogP) is 1.99. The number of methoxy groups -OCH3 is 1. The first-order valence-corrected chi connectivity index (χ1v) is 5.80. The van der Waals surface area contributed by atoms with Gasteiger partial charge in [-0.3, -0.25) is 4.79 Å². The van der Waals surface area contributed by atoms with Crippen molar-refractivity contribution in [1.82, 2.24) is 5.32 Å². The molecular formula is C13H19NO3. The lowest BCUT2D eigenvalue weighted by molar-refractivity contribution is -0.121. The zero-order chi connectivity index (χ0) is 12.5. The first-order chi connectivity index (χ1) is 8.27. The van der Waals surface area contributed by atoms with Crippen molar-refractivity contribution in [2.75, 3.05) is 20.3 Å². The van der Waals surface area contributed by atoms with Crippen LogP contribution < -0.4 is 14.8 Å². The van der Waals surface area contributed by atoms with Crippen LogP contribution in [-0.4, -0.2) is 26.2 Å². The van der Waals surface area contributed by atoms with Crippen molar-refractivity contribution in [2.45, 2.75) is 19.8 Å². The number of hydrogen-bond donors (Lipinski definition) is 1. The van der Waals surface area contributed by atoms with Crippen LogP contribution in [0.4, 0.5) is 0 Å². The summed E-state index contributed by atoms with van der Waals surface area (Å²) in [6.45, 7) is 3.09. The molecule has 0 atom stereocenters. The molecule has 4 heteroatoms. The number of amides is 1. The normalized spacial score (nSPS) is 9.76. The minimum atomic E-state index is 0.0155. The zero-order valence-electron chi connectivity index (χ0n) is 10.4. The average molecular weight is 237 g/mol. The highest BCUT2D eigenvalue weighted by molar-refractivity contribution is 5.75. The van der Waals surface area contributed by atoms with E-state index in [0.29, 0.717) is 31.1 Å². The van der Waals surface area contributed by atoms with Gasteiger partial charge in [-0.25, -0.2) is 0 Å². The van der Waals surface area contributed by atoms with Crippen molar-refractivity contribution in [3.63, 3.8) is 0 Å². The van der Waals surface area contributed by atoms with Gasteiger partial charge in [-0.2, -0.15) is 0 Å². The van der Waals surface area contributed by atoms with Crippen molar-refractivity contribution in [3.8, 4) is 11.5 Å². The van der Waals surface area contributed by atoms with Crippen molar-refractivity contribution < 1.29 is 14.3 Å². The number of carbonyl (C=O) groups excluding carboxylic acids is 1. The SMILES string of the molecule is CCCNC(=O)CCOc1ccccc1OC. The van der Waals surface area contributed by atoms with Gasteiger partial charge in [-0.1, -0.05) is 19.1 Å². The van der Waals surface area contributed by atoms with Crippen LogP contribution in [-0.2, 0) is 4.79 Å². The van der Waals surface area contributed by atoms with Crippen LogP contribution in [0.5, 0.6) is 11.5 Å². The Hall–Kier alpha value is -1.71. The molecule has 4 nitrogen and oxygen atoms in total. The third-order valence-corrected chi connectivity index (χ3v) is 2.23. The largest absolute Gasteiger partial charge is 0.493 e. The molecule has 0 fully saturated rings. The standard InChI is InChI=1S/C13H19NO3/c1-3-9-14-13(15)8-10-17-12-7-5-4-6-11(12)16-2/h4-7H,3,8-10H2,1-2H3,(H,14,15). The molecule has 1 aromatic rings. The minimum Gasteiger partial charge on any atom is -0.493 e. The van der Waals surface area contributed by atoms with Gasteiger partial charge in [-0.15, -0.1) is 0 Å². The molecule has 0 unspecified atom stereocenters. The van der Waals surface area contributed by atoms with Gasteiger partial charge in [0.15, 0.2) is 11.5 Å². The number of ether oxygens (including phenoxy) is 2. The Morgan fingerprint density at radius 3 is 2.65 bits per heavy atom. The fourth-order valence-electron chi connectivity index (χ4n) is 1.34. The Morgan fingerprint density at radius 2 is 2.00 bits per heavy atom. The van der Waals surface area contributed by atoms with E-state index in [-0.39, 0.29) is 5.91 Å². The second-order valence-corrected chi connectivity index (χ2v) is 3.60. The molecule has 0 saturated heterocycles. The number of rotatable bonds is 7. The van der Waals surface area contributed by atoms with Crippen LogP contribution >= 0.6 is 0 Å². The molecule has 1 aromatic carbocycles. The molecule has 0 spiro atoms. The molecule has 17 heavy (non-hydrogen) atoms. The van der Waals surface area contributed by atoms with Crippen molar-refractivity contribution in [3.05, 3.63) is 24.3 Å². The molecule has 0 saturated carbocycles. The van der Waals surface area contributed by atoms with E-state index in [9.17, 15) is 4.79 Å². The summed E-state index contributed by atoms with van der Waals surface area (Å²) >= 11 is 0. The van der Waals surface area contributed by atoms with Crippen molar-refractivity contribution >= 4 is 5.91 Å². The Morgan fingerprint density at radius 1 is 1.29 bits per heavy atom. The number of nitrogens with one attached hydrogen (secondary N) is 1. The maximum Gasteiger partial charge on any atom is 0.223 e. The molecule has 0 aromatic heterocycles. The monoisotopic (exact) mass is 237 g/mol. The molecule has 1 rings (SSSR count). The summed E-state index contributed by atoms with van der Waals surface area (Å²) < 4.78 is 10.6. The number of carbonyl (C=O) groups is 1. The van der Waals surface area contributed by atoms with Gasteiger partial charge in [0.2, 0.25) is 5.91 Å². The number of para-hydroxylation sites is 2. The Labute approximate surface area is 102 Å². The number of hydrogen-bond acceptors (Lipinski definition) is 3. The maximum absolute atomic E-state index is 11.3. The quantitative estimate of drug-likeness (QED) is 0.789. The molecule has 0 aliphatic carbocycles. The first kappa shape index (κ1) is 13.4. The van der Waals surface area contributed by atoms with Crippen LogP contribution in [0.2, 0.25) is 0 Å². The summed E-state index contributed by atoms with van der Waals surface area (Å²) in [6.07, 6.45) is 1.30. The van der Waals surface area contributed by atoms with E-state index in [1.54, 1.807) is 7.11 Å². The smallest absolute Gasteiger partial charge is 0.223 e. The summed E-state index contributed by atoms with van der Waals surface area (Å²) in [5.41, 5.74) is 0. The lowest BCUT2D eigenvalue weighted by Gasteiger charge is -2.10. The topological polar surface area (TPSA) is 47.6 Å². The molecule has 0 heterocycles. The van der Waals surface area contributed by atoms with Crippen LogP contribution in [0, 0.1) is 0 Å². The van der Waals surface area contributed by atoms with Gasteiger partial charge >= 0.3 is 0 Å². The zero-order valence-corrected chi connectivity index (χ0v) is 10.4. The highest BCUT2D eigenvalue weighted by Crippen LogP contribution is 2.25. The van der Waals surface area contributed by atoms with Gasteiger partial charge in [0, 0.05) is 6.54 Å². The molecule has 0 aliphatic heterocycles. The Bertz CT molecular complexity index is 352. The molecule has 1 N–H and O–H groups in total. The Balaban J connectivity index is 2.33. The second kappa shape index (κ2) is 7.54. The van der Waals surface area contributed by atoms with Crippen LogP contribution in [0.3, 0.4) is 0 Å². The van der Waals surface area contributed by atoms with E-state index in [2.05, 4.69) is 5.32 Å². The fraction of sp³-hybridized carbons (Fsp3) is 0.462. The summed E-state index contributed by atoms with van der Waals surface area (Å²) in [7, 11) is 1.59. The molecule has 94 valence electrons. The summed E-state index contributed by atoms with van der Waals surface area (Å²) in [5.74, 6) is 1.36. The van der Waals surface area contributed by atoms with E-state index in [4.69, 9.17) is 9.47 Å². The summed E-state index contributed by atoms with van der Waals surface area (Å²) in [4.78, 5) is 11.3. The highest BCUT2D eigenvalue weighted by atomic mass is 16.5. The fourth-order valence-corrected chi connectivity index (χ4v) is 1.34. The van der Waals surface area contributed by atoms with Gasteiger partial charge in [0.25, 0.3) is 0 Å². The van der Waals surface area contributed by atoms with Gasteiger partial charge in [0.1, 0.15) is 0 Å². The average Bonchev–Trinajstić information content (AvgIpc) is 2.37. The molecule has 0 bridgehead atoms. The first-order valence-electron chi connectivity index (χ1n) is 5.80. The van der Waals surface area contributed by atoms with Crippen LogP contribution in [0.25, 0.3) is 0 Å². The third kappa shape index (κ3) is 4.76. The van der Waals surface area contributed by atoms with E-state index in [1.807, 2.05) is 31.2 Å². The number of benzene rings is 1. The van der Waals surface area contributed by atoms with Crippen molar-refractivity contribution in [2.24, 2.45) is 0 Å². The predicted molar refractivity (Wildman–Crippen MR) is 66.4 cm³/mol. The lowest BCUT2D eigenvalue weighted by Crippen LogP contribution is -2.25. The maximum atomic E-state index is 11.3. The molecule has 1 amide bonds. The Kier molecular flexibility index (Phi) is 5.93. The summed E-state index contributed by atoms with van der Waals surface area (Å²) in [6, 6.07) is 7.39. The van der Waals surface area contributed by atoms with E-state index >= 15 is 0 Å². The lowest BCUT2D eigenvalue weighted by atomic mass is 10.3. The molecule has 0 aliphatic rings. The second-order valence-electron chi connectivity index (χ2n) is 3.60. The van der Waals surface area contributed by atoms with Crippen molar-refractivity contribution in [1.29, 1.82) is 0 Å². The van der Waals surface area contributed by atoms with E-state index < -0.39 is 0 Å². The molecular weight excluding hydrogens is 218 g/mol. The third-order valence-electron chi connectivity index (χ3n) is 2.23. The van der Waals surface area contributed by atoms with Gasteiger partial charge in [-0.05, 0) is 18.6 Å². The van der Waals surface area contributed by atoms with Gasteiger partial charge in [0.05, 0.1) is 20.1 Å².